The number of halogens is 3. The molecule has 0 unspecified atom stereocenters. The summed E-state index contributed by atoms with van der Waals surface area (Å²) in [5.41, 5.74) is 0.764. The Morgan fingerprint density at radius 3 is 2.53 bits per heavy atom. The van der Waals surface area contributed by atoms with Gasteiger partial charge in [0.25, 0.3) is 0 Å². The maximum atomic E-state index is 12.5. The van der Waals surface area contributed by atoms with Crippen LogP contribution in [0.1, 0.15) is 19.4 Å². The van der Waals surface area contributed by atoms with E-state index in [1.165, 1.54) is 23.4 Å². The minimum Gasteiger partial charge on any atom is -0.392 e. The van der Waals surface area contributed by atoms with Crippen LogP contribution < -0.4 is 4.90 Å². The maximum Gasteiger partial charge on any atom is 0.405 e. The van der Waals surface area contributed by atoms with Crippen LogP contribution in [0.25, 0.3) is 0 Å². The third-order valence-electron chi connectivity index (χ3n) is 2.34. The normalized spacial score (nSPS) is 11.9. The van der Waals surface area contributed by atoms with Crippen LogP contribution in [0.4, 0.5) is 18.9 Å². The monoisotopic (exact) mass is 248 g/mol. The summed E-state index contributed by atoms with van der Waals surface area (Å²) in [6.07, 6.45) is -1.49. The van der Waals surface area contributed by atoms with Crippen LogP contribution in [0, 0.1) is 0 Å². The van der Waals surface area contributed by atoms with Gasteiger partial charge in [-0.3, -0.25) is 4.98 Å². The van der Waals surface area contributed by atoms with Gasteiger partial charge in [0.2, 0.25) is 0 Å². The summed E-state index contributed by atoms with van der Waals surface area (Å²) in [4.78, 5) is 4.99. The Kier molecular flexibility index (Phi) is 4.34. The number of hydrogen-bond donors (Lipinski definition) is 1. The number of aliphatic hydroxyl groups is 1. The minimum atomic E-state index is -4.28. The molecule has 0 bridgehead atoms. The number of aliphatic hydroxyl groups excluding tert-OH is 1. The zero-order valence-corrected chi connectivity index (χ0v) is 9.70. The fourth-order valence-electron chi connectivity index (χ4n) is 1.55. The molecule has 0 aromatic carbocycles. The van der Waals surface area contributed by atoms with Gasteiger partial charge in [-0.05, 0) is 19.9 Å². The lowest BCUT2D eigenvalue weighted by atomic mass is 10.2. The fraction of sp³-hybridized carbons (Fsp3) is 0.545. The predicted molar refractivity (Wildman–Crippen MR) is 58.7 cm³/mol. The number of aromatic nitrogens is 1. The number of hydrogen-bond acceptors (Lipinski definition) is 3. The summed E-state index contributed by atoms with van der Waals surface area (Å²) in [5, 5.41) is 9.11. The number of alkyl halides is 3. The molecule has 17 heavy (non-hydrogen) atoms. The van der Waals surface area contributed by atoms with E-state index in [4.69, 9.17) is 5.11 Å². The van der Waals surface area contributed by atoms with Crippen molar-refractivity contribution in [3.05, 3.63) is 24.0 Å². The molecule has 1 aromatic rings. The second-order valence-corrected chi connectivity index (χ2v) is 4.00. The Balaban J connectivity index is 3.05. The van der Waals surface area contributed by atoms with Crippen molar-refractivity contribution in [2.24, 2.45) is 0 Å². The smallest absolute Gasteiger partial charge is 0.392 e. The van der Waals surface area contributed by atoms with E-state index in [0.29, 0.717) is 11.3 Å². The molecule has 6 heteroatoms. The molecular weight excluding hydrogens is 233 g/mol. The molecule has 1 heterocycles. The molecule has 0 aliphatic carbocycles. The molecule has 3 nitrogen and oxygen atoms in total. The second kappa shape index (κ2) is 5.35. The van der Waals surface area contributed by atoms with E-state index in [9.17, 15) is 13.2 Å². The van der Waals surface area contributed by atoms with E-state index in [1.54, 1.807) is 13.8 Å². The summed E-state index contributed by atoms with van der Waals surface area (Å²) in [6.45, 7) is 1.97. The molecule has 0 spiro atoms. The van der Waals surface area contributed by atoms with E-state index >= 15 is 0 Å². The molecule has 96 valence electrons. The van der Waals surface area contributed by atoms with E-state index in [0.717, 1.165) is 0 Å². The Morgan fingerprint density at radius 1 is 1.41 bits per heavy atom. The lowest BCUT2D eigenvalue weighted by Crippen LogP contribution is -2.39. The largest absolute Gasteiger partial charge is 0.405 e. The lowest BCUT2D eigenvalue weighted by molar-refractivity contribution is -0.120. The third-order valence-corrected chi connectivity index (χ3v) is 2.34. The van der Waals surface area contributed by atoms with Crippen LogP contribution in [0.5, 0.6) is 0 Å². The summed E-state index contributed by atoms with van der Waals surface area (Å²) >= 11 is 0. The molecule has 0 amide bonds. The quantitative estimate of drug-likeness (QED) is 0.888. The Bertz CT molecular complexity index is 366. The molecular formula is C11H15F3N2O. The van der Waals surface area contributed by atoms with Crippen molar-refractivity contribution < 1.29 is 18.3 Å². The number of pyridine rings is 1. The highest BCUT2D eigenvalue weighted by Gasteiger charge is 2.32. The average Bonchev–Trinajstić information content (AvgIpc) is 2.24. The molecule has 0 fully saturated rings. The highest BCUT2D eigenvalue weighted by atomic mass is 19.4. The highest BCUT2D eigenvalue weighted by molar-refractivity contribution is 5.52. The van der Waals surface area contributed by atoms with Crippen LogP contribution in [0.15, 0.2) is 18.5 Å². The van der Waals surface area contributed by atoms with E-state index < -0.39 is 12.7 Å². The van der Waals surface area contributed by atoms with Gasteiger partial charge < -0.3 is 10.0 Å². The molecule has 1 aromatic heterocycles. The average molecular weight is 248 g/mol. The summed E-state index contributed by atoms with van der Waals surface area (Å²) in [6, 6.07) is 1.19. The van der Waals surface area contributed by atoms with Gasteiger partial charge in [0.15, 0.2) is 0 Å². The molecule has 1 rings (SSSR count). The van der Waals surface area contributed by atoms with Gasteiger partial charge >= 0.3 is 6.18 Å². The van der Waals surface area contributed by atoms with Gasteiger partial charge in [0.1, 0.15) is 6.54 Å². The van der Waals surface area contributed by atoms with E-state index in [2.05, 4.69) is 4.98 Å². The Morgan fingerprint density at radius 2 is 2.06 bits per heavy atom. The molecule has 0 radical (unpaired) electrons. The van der Waals surface area contributed by atoms with Crippen LogP contribution >= 0.6 is 0 Å². The highest BCUT2D eigenvalue weighted by Crippen LogP contribution is 2.26. The first-order valence-corrected chi connectivity index (χ1v) is 5.22. The maximum absolute atomic E-state index is 12.5. The van der Waals surface area contributed by atoms with E-state index in [-0.39, 0.29) is 12.6 Å². The predicted octanol–water partition coefficient (Wildman–Crippen LogP) is 2.35. The van der Waals surface area contributed by atoms with Crippen molar-refractivity contribution in [2.75, 3.05) is 11.4 Å². The van der Waals surface area contributed by atoms with Crippen molar-refractivity contribution in [1.29, 1.82) is 0 Å². The second-order valence-electron chi connectivity index (χ2n) is 4.00. The van der Waals surface area contributed by atoms with Crippen LogP contribution in [-0.4, -0.2) is 28.9 Å². The zero-order valence-electron chi connectivity index (χ0n) is 9.70. The first-order chi connectivity index (χ1) is 7.85. The summed E-state index contributed by atoms with van der Waals surface area (Å²) in [5.74, 6) is 0. The zero-order chi connectivity index (χ0) is 13.1. The lowest BCUT2D eigenvalue weighted by Gasteiger charge is -2.30. The fourth-order valence-corrected chi connectivity index (χ4v) is 1.55. The van der Waals surface area contributed by atoms with Gasteiger partial charge in [-0.1, -0.05) is 0 Å². The topological polar surface area (TPSA) is 36.4 Å². The standard InChI is InChI=1S/C11H15F3N2O/c1-8(2)16(7-11(12,13)14)10-5-15-4-3-9(10)6-17/h3-5,8,17H,6-7H2,1-2H3. The minimum absolute atomic E-state index is 0.307. The third kappa shape index (κ3) is 3.89. The van der Waals surface area contributed by atoms with Crippen molar-refractivity contribution in [3.8, 4) is 0 Å². The number of nitrogens with zero attached hydrogens (tertiary/aromatic N) is 2. The molecule has 0 saturated heterocycles. The van der Waals surface area contributed by atoms with Gasteiger partial charge in [0.05, 0.1) is 18.5 Å². The van der Waals surface area contributed by atoms with Crippen LogP contribution in [0.3, 0.4) is 0 Å². The molecule has 0 atom stereocenters. The first kappa shape index (κ1) is 13.8. The van der Waals surface area contributed by atoms with Crippen molar-refractivity contribution in [3.63, 3.8) is 0 Å². The van der Waals surface area contributed by atoms with Crippen LogP contribution in [-0.2, 0) is 6.61 Å². The van der Waals surface area contributed by atoms with Gasteiger partial charge in [-0.2, -0.15) is 13.2 Å². The molecule has 0 aliphatic rings. The van der Waals surface area contributed by atoms with Crippen LogP contribution in [0.2, 0.25) is 0 Å². The molecule has 0 aliphatic heterocycles. The first-order valence-electron chi connectivity index (χ1n) is 5.22. The Labute approximate surface area is 97.9 Å². The molecule has 1 N–H and O–H groups in total. The summed E-state index contributed by atoms with van der Waals surface area (Å²) < 4.78 is 37.4. The molecule has 0 saturated carbocycles. The number of rotatable bonds is 4. The number of anilines is 1. The SMILES string of the molecule is CC(C)N(CC(F)(F)F)c1cnccc1CO. The van der Waals surface area contributed by atoms with Crippen molar-refractivity contribution >= 4 is 5.69 Å². The Hall–Kier alpha value is -1.30. The van der Waals surface area contributed by atoms with Crippen molar-refractivity contribution in [1.82, 2.24) is 4.98 Å². The van der Waals surface area contributed by atoms with Gasteiger partial charge in [0, 0.05) is 17.8 Å². The summed E-state index contributed by atoms with van der Waals surface area (Å²) in [7, 11) is 0. The van der Waals surface area contributed by atoms with Crippen molar-refractivity contribution in [2.45, 2.75) is 32.7 Å². The van der Waals surface area contributed by atoms with E-state index in [1.807, 2.05) is 0 Å². The van der Waals surface area contributed by atoms with Gasteiger partial charge in [-0.15, -0.1) is 0 Å². The van der Waals surface area contributed by atoms with Gasteiger partial charge in [-0.25, -0.2) is 0 Å².